The molecule has 1 aromatic carbocycles. The third-order valence-electron chi connectivity index (χ3n) is 5.41. The summed E-state index contributed by atoms with van der Waals surface area (Å²) in [6.07, 6.45) is 4.43. The fraction of sp³-hybridized carbons (Fsp3) is 0.545. The van der Waals surface area contributed by atoms with Crippen LogP contribution < -0.4 is 10.2 Å². The average Bonchev–Trinajstić information content (AvgIpc) is 3.56. The second-order valence-electron chi connectivity index (χ2n) is 7.99. The molecule has 1 aliphatic heterocycles. The number of hydrogen-bond acceptors (Lipinski definition) is 6. The minimum atomic E-state index is -3.03. The minimum absolute atomic E-state index is 0.192. The van der Waals surface area contributed by atoms with Crippen molar-refractivity contribution in [3.05, 3.63) is 47.4 Å². The summed E-state index contributed by atoms with van der Waals surface area (Å²) >= 11 is 0. The molecule has 0 bridgehead atoms. The molecule has 4 rings (SSSR count). The van der Waals surface area contributed by atoms with Crippen LogP contribution in [0.3, 0.4) is 0 Å². The van der Waals surface area contributed by atoms with Crippen LogP contribution in [-0.4, -0.2) is 60.7 Å². The van der Waals surface area contributed by atoms with Crippen molar-refractivity contribution >= 4 is 21.5 Å². The van der Waals surface area contributed by atoms with Crippen LogP contribution in [0.5, 0.6) is 0 Å². The molecule has 2 fully saturated rings. The molecule has 0 amide bonds. The van der Waals surface area contributed by atoms with E-state index in [0.29, 0.717) is 19.1 Å². The average molecular weight is 432 g/mol. The van der Waals surface area contributed by atoms with Gasteiger partial charge in [-0.2, -0.15) is 4.31 Å². The van der Waals surface area contributed by atoms with Gasteiger partial charge in [-0.05, 0) is 52.7 Å². The van der Waals surface area contributed by atoms with E-state index in [1.54, 1.807) is 11.2 Å². The van der Waals surface area contributed by atoms with E-state index in [1.165, 1.54) is 24.1 Å². The van der Waals surface area contributed by atoms with E-state index in [-0.39, 0.29) is 5.75 Å². The molecular weight excluding hydrogens is 398 g/mol. The minimum Gasteiger partial charge on any atom is -0.369 e. The Kier molecular flexibility index (Phi) is 7.31. The maximum atomic E-state index is 11.7. The zero-order chi connectivity index (χ0) is 21.7. The summed E-state index contributed by atoms with van der Waals surface area (Å²) in [6.45, 7) is 10.4. The summed E-state index contributed by atoms with van der Waals surface area (Å²) in [7, 11) is -3.03. The van der Waals surface area contributed by atoms with Gasteiger partial charge in [0.25, 0.3) is 0 Å². The van der Waals surface area contributed by atoms with Crippen LogP contribution in [0.1, 0.15) is 36.7 Å². The monoisotopic (exact) mass is 431 g/mol. The van der Waals surface area contributed by atoms with Crippen molar-refractivity contribution in [3.8, 4) is 0 Å². The first-order chi connectivity index (χ1) is 14.3. The number of rotatable bonds is 5. The maximum absolute atomic E-state index is 11.7. The standard InChI is InChI=1S/C13H20N2O2S.C9H13N3/c1-3-18(16,17)15-10-8-14(9-11-15)13-6-4-12(2)5-7-13;1-6-5-10-7(2)11-9(6)12-8-3-4-8/h4-7H,3,8-11H2,1-2H3;5,8H,3-4H2,1-2H3,(H,10,11,12). The van der Waals surface area contributed by atoms with E-state index in [4.69, 9.17) is 0 Å². The van der Waals surface area contributed by atoms with Gasteiger partial charge in [0.15, 0.2) is 0 Å². The summed E-state index contributed by atoms with van der Waals surface area (Å²) in [5.41, 5.74) is 3.55. The van der Waals surface area contributed by atoms with Gasteiger partial charge < -0.3 is 10.2 Å². The van der Waals surface area contributed by atoms with Gasteiger partial charge in [0.2, 0.25) is 10.0 Å². The van der Waals surface area contributed by atoms with Gasteiger partial charge in [0.05, 0.1) is 5.75 Å². The van der Waals surface area contributed by atoms with E-state index >= 15 is 0 Å². The van der Waals surface area contributed by atoms with Crippen molar-refractivity contribution in [2.45, 2.75) is 46.6 Å². The number of nitrogens with one attached hydrogen (secondary N) is 1. The number of piperazine rings is 1. The summed E-state index contributed by atoms with van der Waals surface area (Å²) in [4.78, 5) is 10.7. The highest BCUT2D eigenvalue weighted by Gasteiger charge is 2.25. The van der Waals surface area contributed by atoms with E-state index < -0.39 is 10.0 Å². The summed E-state index contributed by atoms with van der Waals surface area (Å²) in [6, 6.07) is 9.03. The molecule has 1 aliphatic carbocycles. The van der Waals surface area contributed by atoms with Crippen molar-refractivity contribution in [1.82, 2.24) is 14.3 Å². The normalized spacial score (nSPS) is 17.3. The largest absolute Gasteiger partial charge is 0.369 e. The number of hydrogen-bond donors (Lipinski definition) is 1. The Morgan fingerprint density at radius 2 is 1.67 bits per heavy atom. The Morgan fingerprint density at radius 3 is 2.23 bits per heavy atom. The molecule has 30 heavy (non-hydrogen) atoms. The zero-order valence-electron chi connectivity index (χ0n) is 18.4. The number of benzene rings is 1. The Labute approximate surface area is 180 Å². The highest BCUT2D eigenvalue weighted by Crippen LogP contribution is 2.24. The van der Waals surface area contributed by atoms with Crippen LogP contribution in [0.2, 0.25) is 0 Å². The predicted octanol–water partition coefficient (Wildman–Crippen LogP) is 3.13. The van der Waals surface area contributed by atoms with Crippen molar-refractivity contribution in [2.24, 2.45) is 0 Å². The second-order valence-corrected chi connectivity index (χ2v) is 10.2. The van der Waals surface area contributed by atoms with Crippen LogP contribution in [-0.2, 0) is 10.0 Å². The number of aromatic nitrogens is 2. The molecule has 0 spiro atoms. The van der Waals surface area contributed by atoms with Gasteiger partial charge in [-0.25, -0.2) is 18.4 Å². The molecule has 1 aromatic heterocycles. The molecule has 8 heteroatoms. The number of anilines is 2. The number of aryl methyl sites for hydroxylation is 3. The third-order valence-corrected chi connectivity index (χ3v) is 7.29. The van der Waals surface area contributed by atoms with Crippen LogP contribution in [0.4, 0.5) is 11.5 Å². The topological polar surface area (TPSA) is 78.4 Å². The lowest BCUT2D eigenvalue weighted by molar-refractivity contribution is 0.385. The molecule has 0 atom stereocenters. The van der Waals surface area contributed by atoms with Crippen LogP contribution in [0, 0.1) is 20.8 Å². The first-order valence-electron chi connectivity index (χ1n) is 10.6. The van der Waals surface area contributed by atoms with Gasteiger partial charge in [-0.3, -0.25) is 0 Å². The predicted molar refractivity (Wildman–Crippen MR) is 123 cm³/mol. The Hall–Kier alpha value is -2.19. The van der Waals surface area contributed by atoms with Crippen molar-refractivity contribution < 1.29 is 8.42 Å². The molecule has 164 valence electrons. The van der Waals surface area contributed by atoms with Gasteiger partial charge in [-0.1, -0.05) is 17.7 Å². The molecule has 2 aromatic rings. The van der Waals surface area contributed by atoms with Crippen LogP contribution in [0.15, 0.2) is 30.5 Å². The molecular formula is C22H33N5O2S. The Balaban J connectivity index is 0.000000184. The second kappa shape index (κ2) is 9.75. The summed E-state index contributed by atoms with van der Waals surface area (Å²) < 4.78 is 25.1. The van der Waals surface area contributed by atoms with E-state index in [1.807, 2.05) is 20.0 Å². The lowest BCUT2D eigenvalue weighted by atomic mass is 10.2. The number of sulfonamides is 1. The van der Waals surface area contributed by atoms with E-state index in [2.05, 4.69) is 51.4 Å². The first-order valence-corrected chi connectivity index (χ1v) is 12.3. The smallest absolute Gasteiger partial charge is 0.213 e. The van der Waals surface area contributed by atoms with Gasteiger partial charge in [0.1, 0.15) is 11.6 Å². The van der Waals surface area contributed by atoms with Crippen molar-refractivity contribution in [3.63, 3.8) is 0 Å². The lowest BCUT2D eigenvalue weighted by Gasteiger charge is -2.35. The fourth-order valence-electron chi connectivity index (χ4n) is 3.26. The fourth-order valence-corrected chi connectivity index (χ4v) is 4.34. The maximum Gasteiger partial charge on any atom is 0.213 e. The third kappa shape index (κ3) is 6.15. The van der Waals surface area contributed by atoms with E-state index in [9.17, 15) is 8.42 Å². The van der Waals surface area contributed by atoms with Gasteiger partial charge in [-0.15, -0.1) is 0 Å². The summed E-state index contributed by atoms with van der Waals surface area (Å²) in [5, 5.41) is 3.37. The first kappa shape index (κ1) is 22.5. The Morgan fingerprint density at radius 1 is 1.03 bits per heavy atom. The quantitative estimate of drug-likeness (QED) is 0.784. The van der Waals surface area contributed by atoms with Gasteiger partial charge in [0, 0.05) is 49.7 Å². The Bertz CT molecular complexity index is 935. The molecule has 7 nitrogen and oxygen atoms in total. The van der Waals surface area contributed by atoms with Gasteiger partial charge >= 0.3 is 0 Å². The highest BCUT2D eigenvalue weighted by molar-refractivity contribution is 7.89. The molecule has 1 saturated heterocycles. The lowest BCUT2D eigenvalue weighted by Crippen LogP contribution is -2.49. The zero-order valence-corrected chi connectivity index (χ0v) is 19.2. The SMILES string of the molecule is CCS(=O)(=O)N1CCN(c2ccc(C)cc2)CC1.Cc1ncc(C)c(NC2CC2)n1. The molecule has 0 radical (unpaired) electrons. The molecule has 2 heterocycles. The van der Waals surface area contributed by atoms with E-state index in [0.717, 1.165) is 30.3 Å². The van der Waals surface area contributed by atoms with Crippen LogP contribution in [0.25, 0.3) is 0 Å². The molecule has 2 aliphatic rings. The van der Waals surface area contributed by atoms with Crippen LogP contribution >= 0.6 is 0 Å². The molecule has 1 N–H and O–H groups in total. The molecule has 1 saturated carbocycles. The van der Waals surface area contributed by atoms with Crippen molar-refractivity contribution in [1.29, 1.82) is 0 Å². The van der Waals surface area contributed by atoms with Crippen molar-refractivity contribution in [2.75, 3.05) is 42.1 Å². The number of nitrogens with zero attached hydrogens (tertiary/aromatic N) is 4. The summed E-state index contributed by atoms with van der Waals surface area (Å²) in [5.74, 6) is 2.03. The molecule has 0 unspecified atom stereocenters. The highest BCUT2D eigenvalue weighted by atomic mass is 32.2.